The predicted molar refractivity (Wildman–Crippen MR) is 115 cm³/mol. The number of nitrogens with one attached hydrogen (secondary N) is 2. The van der Waals surface area contributed by atoms with Crippen LogP contribution in [0.25, 0.3) is 16.0 Å². The maximum Gasteiger partial charge on any atom is 0.267 e. The van der Waals surface area contributed by atoms with Crippen LogP contribution in [0.4, 0.5) is 5.69 Å². The summed E-state index contributed by atoms with van der Waals surface area (Å²) in [5.74, 6) is -0.196. The number of carbonyl (C=O) groups is 1. The number of fused-ring (bicyclic) bond motifs is 3. The molecule has 0 saturated carbocycles. The fourth-order valence-corrected chi connectivity index (χ4v) is 4.92. The molecule has 0 saturated heterocycles. The second-order valence-corrected chi connectivity index (χ2v) is 8.31. The molecule has 1 aliphatic carbocycles. The Kier molecular flexibility index (Phi) is 4.32. The van der Waals surface area contributed by atoms with Gasteiger partial charge < -0.3 is 14.9 Å². The molecule has 3 heterocycles. The second-order valence-electron chi connectivity index (χ2n) is 7.33. The summed E-state index contributed by atoms with van der Waals surface area (Å²) in [6, 6.07) is 9.58. The number of carbonyl (C=O) groups excluding carboxylic acids is 1. The monoisotopic (exact) mass is 404 g/mol. The average Bonchev–Trinajstić information content (AvgIpc) is 3.38. The van der Waals surface area contributed by atoms with Gasteiger partial charge in [0.05, 0.1) is 11.2 Å². The number of hydrogen-bond donors (Lipinski definition) is 2. The van der Waals surface area contributed by atoms with E-state index < -0.39 is 0 Å². The third-order valence-electron chi connectivity index (χ3n) is 5.41. The quantitative estimate of drug-likeness (QED) is 0.537. The molecular formula is C22H20N4O2S. The number of anilines is 1. The zero-order valence-corrected chi connectivity index (χ0v) is 16.8. The van der Waals surface area contributed by atoms with E-state index >= 15 is 0 Å². The van der Waals surface area contributed by atoms with Gasteiger partial charge in [-0.15, -0.1) is 0 Å². The molecule has 29 heavy (non-hydrogen) atoms. The number of amides is 1. The van der Waals surface area contributed by atoms with Gasteiger partial charge in [0.1, 0.15) is 4.88 Å². The van der Waals surface area contributed by atoms with Gasteiger partial charge in [-0.2, -0.15) is 0 Å². The Bertz CT molecular complexity index is 1280. The van der Waals surface area contributed by atoms with E-state index in [-0.39, 0.29) is 11.5 Å². The van der Waals surface area contributed by atoms with Gasteiger partial charge in [0.15, 0.2) is 5.13 Å². The number of aromatic amines is 1. The topological polar surface area (TPSA) is 79.8 Å². The SMILES string of the molecule is Cc1nc(-n2cccc2)sc1C(=O)Nc1ccc2c3c(c(=O)[nH]c2c1)CCCC3. The summed E-state index contributed by atoms with van der Waals surface area (Å²) in [6.45, 7) is 1.84. The fourth-order valence-electron chi connectivity index (χ4n) is 3.99. The standard InChI is InChI=1S/C22H20N4O2S/c1-13-19(29-22(23-13)26-10-4-5-11-26)21(28)24-14-8-9-16-15-6-2-3-7-17(15)20(27)25-18(16)12-14/h4-5,8-12H,2-3,6-7H2,1H3,(H,24,28)(H,25,27). The number of aromatic nitrogens is 3. The third kappa shape index (κ3) is 3.17. The fraction of sp³-hybridized carbons (Fsp3) is 0.227. The molecule has 5 rings (SSSR count). The molecule has 0 fully saturated rings. The molecule has 4 aromatic rings. The molecule has 6 nitrogen and oxygen atoms in total. The lowest BCUT2D eigenvalue weighted by molar-refractivity contribution is 0.103. The molecule has 2 N–H and O–H groups in total. The molecule has 1 amide bonds. The van der Waals surface area contributed by atoms with E-state index in [0.717, 1.165) is 52.8 Å². The molecule has 0 bridgehead atoms. The largest absolute Gasteiger partial charge is 0.322 e. The van der Waals surface area contributed by atoms with Gasteiger partial charge in [-0.3, -0.25) is 9.59 Å². The Morgan fingerprint density at radius 2 is 1.93 bits per heavy atom. The Morgan fingerprint density at radius 3 is 2.72 bits per heavy atom. The van der Waals surface area contributed by atoms with Gasteiger partial charge in [0.2, 0.25) is 0 Å². The van der Waals surface area contributed by atoms with Crippen LogP contribution in [0.2, 0.25) is 0 Å². The van der Waals surface area contributed by atoms with E-state index in [2.05, 4.69) is 15.3 Å². The molecule has 0 unspecified atom stereocenters. The lowest BCUT2D eigenvalue weighted by atomic mass is 9.90. The van der Waals surface area contributed by atoms with Crippen LogP contribution in [0.1, 0.15) is 39.3 Å². The van der Waals surface area contributed by atoms with Gasteiger partial charge in [-0.05, 0) is 62.4 Å². The first-order chi connectivity index (χ1) is 14.1. The van der Waals surface area contributed by atoms with Crippen molar-refractivity contribution >= 4 is 33.8 Å². The van der Waals surface area contributed by atoms with E-state index in [9.17, 15) is 9.59 Å². The maximum absolute atomic E-state index is 12.8. The Labute approximate surface area is 171 Å². The summed E-state index contributed by atoms with van der Waals surface area (Å²) in [4.78, 5) is 33.3. The smallest absolute Gasteiger partial charge is 0.267 e. The number of hydrogen-bond acceptors (Lipinski definition) is 4. The average molecular weight is 404 g/mol. The number of thiazole rings is 1. The van der Waals surface area contributed by atoms with E-state index in [0.29, 0.717) is 16.3 Å². The van der Waals surface area contributed by atoms with Crippen LogP contribution < -0.4 is 10.9 Å². The first kappa shape index (κ1) is 17.9. The van der Waals surface area contributed by atoms with E-state index in [1.165, 1.54) is 11.3 Å². The first-order valence-corrected chi connectivity index (χ1v) is 10.5. The van der Waals surface area contributed by atoms with Crippen molar-refractivity contribution in [2.45, 2.75) is 32.6 Å². The summed E-state index contributed by atoms with van der Waals surface area (Å²) in [7, 11) is 0. The molecule has 0 radical (unpaired) electrons. The summed E-state index contributed by atoms with van der Waals surface area (Å²) in [5.41, 5.74) is 4.18. The Hall–Kier alpha value is -3.19. The normalized spacial score (nSPS) is 13.4. The van der Waals surface area contributed by atoms with Crippen LogP contribution in [-0.2, 0) is 12.8 Å². The highest BCUT2D eigenvalue weighted by Crippen LogP contribution is 2.28. The highest BCUT2D eigenvalue weighted by atomic mass is 32.1. The van der Waals surface area contributed by atoms with Crippen molar-refractivity contribution in [3.8, 4) is 5.13 Å². The summed E-state index contributed by atoms with van der Waals surface area (Å²) < 4.78 is 1.89. The summed E-state index contributed by atoms with van der Waals surface area (Å²) in [5, 5.41) is 4.78. The zero-order valence-electron chi connectivity index (χ0n) is 16.0. The minimum absolute atomic E-state index is 0.00894. The van der Waals surface area contributed by atoms with Crippen LogP contribution in [0.3, 0.4) is 0 Å². The second kappa shape index (κ2) is 7.00. The number of rotatable bonds is 3. The minimum Gasteiger partial charge on any atom is -0.322 e. The lowest BCUT2D eigenvalue weighted by Gasteiger charge is -2.17. The van der Waals surface area contributed by atoms with Gasteiger partial charge in [-0.1, -0.05) is 17.4 Å². The number of benzene rings is 1. The molecule has 3 aromatic heterocycles. The van der Waals surface area contributed by atoms with E-state index in [1.807, 2.05) is 54.2 Å². The highest BCUT2D eigenvalue weighted by molar-refractivity contribution is 7.16. The van der Waals surface area contributed by atoms with E-state index in [4.69, 9.17) is 0 Å². The third-order valence-corrected chi connectivity index (χ3v) is 6.58. The maximum atomic E-state index is 12.8. The van der Waals surface area contributed by atoms with Crippen LogP contribution in [0.5, 0.6) is 0 Å². The number of aryl methyl sites for hydroxylation is 2. The lowest BCUT2D eigenvalue weighted by Crippen LogP contribution is -2.19. The molecule has 0 aliphatic heterocycles. The van der Waals surface area contributed by atoms with Crippen molar-refractivity contribution in [3.05, 3.63) is 74.8 Å². The van der Waals surface area contributed by atoms with Gasteiger partial charge >= 0.3 is 0 Å². The molecule has 1 aliphatic rings. The molecule has 7 heteroatoms. The molecule has 0 spiro atoms. The van der Waals surface area contributed by atoms with Crippen LogP contribution in [0, 0.1) is 6.92 Å². The Morgan fingerprint density at radius 1 is 1.17 bits per heavy atom. The molecule has 1 aromatic carbocycles. The zero-order chi connectivity index (χ0) is 20.0. The minimum atomic E-state index is -0.196. The number of H-pyrrole nitrogens is 1. The van der Waals surface area contributed by atoms with Crippen molar-refractivity contribution in [2.24, 2.45) is 0 Å². The van der Waals surface area contributed by atoms with Gasteiger partial charge in [0, 0.05) is 29.0 Å². The van der Waals surface area contributed by atoms with Crippen molar-refractivity contribution in [1.29, 1.82) is 0 Å². The van der Waals surface area contributed by atoms with Crippen molar-refractivity contribution in [2.75, 3.05) is 5.32 Å². The first-order valence-electron chi connectivity index (χ1n) is 9.70. The Balaban J connectivity index is 1.46. The van der Waals surface area contributed by atoms with Crippen molar-refractivity contribution < 1.29 is 4.79 Å². The highest BCUT2D eigenvalue weighted by Gasteiger charge is 2.18. The van der Waals surface area contributed by atoms with E-state index in [1.54, 1.807) is 0 Å². The molecule has 0 atom stereocenters. The molecular weight excluding hydrogens is 384 g/mol. The summed E-state index contributed by atoms with van der Waals surface area (Å²) in [6.07, 6.45) is 7.76. The molecule has 146 valence electrons. The van der Waals surface area contributed by atoms with Crippen LogP contribution >= 0.6 is 11.3 Å². The number of pyridine rings is 1. The van der Waals surface area contributed by atoms with Crippen molar-refractivity contribution in [3.63, 3.8) is 0 Å². The predicted octanol–water partition coefficient (Wildman–Crippen LogP) is 4.21. The summed E-state index contributed by atoms with van der Waals surface area (Å²) >= 11 is 1.35. The van der Waals surface area contributed by atoms with Crippen LogP contribution in [0.15, 0.2) is 47.5 Å². The van der Waals surface area contributed by atoms with Gasteiger partial charge in [-0.25, -0.2) is 4.98 Å². The van der Waals surface area contributed by atoms with Crippen LogP contribution in [-0.4, -0.2) is 20.4 Å². The number of nitrogens with zero attached hydrogens (tertiary/aromatic N) is 2. The van der Waals surface area contributed by atoms with Gasteiger partial charge in [0.25, 0.3) is 11.5 Å². The van der Waals surface area contributed by atoms with Crippen molar-refractivity contribution in [1.82, 2.24) is 14.5 Å².